The van der Waals surface area contributed by atoms with Crippen molar-refractivity contribution in [2.75, 3.05) is 26.2 Å². The maximum absolute atomic E-state index is 13.4. The summed E-state index contributed by atoms with van der Waals surface area (Å²) < 4.78 is 19.3. The summed E-state index contributed by atoms with van der Waals surface area (Å²) in [5.74, 6) is 0.491. The van der Waals surface area contributed by atoms with E-state index in [1.807, 2.05) is 24.3 Å². The quantitative estimate of drug-likeness (QED) is 0.339. The Balaban J connectivity index is 1.23. The summed E-state index contributed by atoms with van der Waals surface area (Å²) in [6, 6.07) is 14.4. The molecule has 0 radical (unpaired) electrons. The molecule has 35 heavy (non-hydrogen) atoms. The Morgan fingerprint density at radius 3 is 2.66 bits per heavy atom. The zero-order chi connectivity index (χ0) is 23.6. The molecule has 1 aromatic carbocycles. The summed E-state index contributed by atoms with van der Waals surface area (Å²) >= 11 is 0. The molecule has 1 aliphatic heterocycles. The Labute approximate surface area is 202 Å². The van der Waals surface area contributed by atoms with Crippen LogP contribution in [0.1, 0.15) is 12.8 Å². The van der Waals surface area contributed by atoms with E-state index in [2.05, 4.69) is 30.0 Å². The van der Waals surface area contributed by atoms with Crippen molar-refractivity contribution in [2.45, 2.75) is 12.8 Å². The van der Waals surface area contributed by atoms with Crippen molar-refractivity contribution < 1.29 is 9.13 Å². The van der Waals surface area contributed by atoms with E-state index in [1.54, 1.807) is 30.7 Å². The molecule has 4 aromatic heterocycles. The van der Waals surface area contributed by atoms with Crippen LogP contribution in [0.3, 0.4) is 0 Å². The topological polar surface area (TPSA) is 82.7 Å². The van der Waals surface area contributed by atoms with E-state index in [0.717, 1.165) is 70.2 Å². The summed E-state index contributed by atoms with van der Waals surface area (Å²) in [4.78, 5) is 14.6. The molecule has 0 aliphatic carbocycles. The summed E-state index contributed by atoms with van der Waals surface area (Å²) in [5.41, 5.74) is 6.03. The van der Waals surface area contributed by atoms with E-state index in [9.17, 15) is 4.39 Å². The molecule has 2 N–H and O–H groups in total. The van der Waals surface area contributed by atoms with Crippen LogP contribution in [0.5, 0.6) is 5.75 Å². The molecule has 1 saturated heterocycles. The van der Waals surface area contributed by atoms with E-state index >= 15 is 0 Å². The maximum atomic E-state index is 13.4. The predicted octanol–water partition coefficient (Wildman–Crippen LogP) is 5.30. The van der Waals surface area contributed by atoms with Gasteiger partial charge >= 0.3 is 0 Å². The average Bonchev–Trinajstić information content (AvgIpc) is 3.65. The van der Waals surface area contributed by atoms with Gasteiger partial charge in [-0.3, -0.25) is 15.0 Å². The van der Waals surface area contributed by atoms with E-state index in [4.69, 9.17) is 4.74 Å². The number of nitrogens with one attached hydrogen (secondary N) is 2. The Hall–Kier alpha value is -4.04. The summed E-state index contributed by atoms with van der Waals surface area (Å²) in [6.45, 7) is 3.91. The zero-order valence-electron chi connectivity index (χ0n) is 19.2. The van der Waals surface area contributed by atoms with Crippen molar-refractivity contribution in [2.24, 2.45) is 0 Å². The molecule has 7 nitrogen and oxygen atoms in total. The summed E-state index contributed by atoms with van der Waals surface area (Å²) in [5, 5.41) is 8.57. The van der Waals surface area contributed by atoms with Gasteiger partial charge in [-0.25, -0.2) is 9.37 Å². The Morgan fingerprint density at radius 2 is 1.80 bits per heavy atom. The van der Waals surface area contributed by atoms with Gasteiger partial charge in [0, 0.05) is 29.9 Å². The largest absolute Gasteiger partial charge is 0.491 e. The van der Waals surface area contributed by atoms with Crippen molar-refractivity contribution in [1.82, 2.24) is 30.0 Å². The van der Waals surface area contributed by atoms with Crippen LogP contribution in [-0.4, -0.2) is 56.3 Å². The molecule has 176 valence electrons. The third kappa shape index (κ3) is 4.52. The molecule has 5 heterocycles. The lowest BCUT2D eigenvalue weighted by molar-refractivity contribution is 0.237. The number of nitrogens with zero attached hydrogens (tertiary/aromatic N) is 4. The number of halogens is 1. The number of hydrogen-bond donors (Lipinski definition) is 2. The summed E-state index contributed by atoms with van der Waals surface area (Å²) in [7, 11) is 0. The number of fused-ring (bicyclic) bond motifs is 1. The van der Waals surface area contributed by atoms with Gasteiger partial charge in [0.2, 0.25) is 0 Å². The smallest absolute Gasteiger partial charge is 0.138 e. The number of hydrogen-bond acceptors (Lipinski definition) is 5. The van der Waals surface area contributed by atoms with Gasteiger partial charge in [-0.2, -0.15) is 5.10 Å². The van der Waals surface area contributed by atoms with E-state index in [1.165, 1.54) is 25.0 Å². The van der Waals surface area contributed by atoms with Gasteiger partial charge in [0.1, 0.15) is 29.5 Å². The second-order valence-corrected chi connectivity index (χ2v) is 8.78. The number of H-pyrrole nitrogens is 2. The van der Waals surface area contributed by atoms with Crippen molar-refractivity contribution >= 4 is 11.0 Å². The fourth-order valence-corrected chi connectivity index (χ4v) is 4.60. The highest BCUT2D eigenvalue weighted by atomic mass is 19.1. The molecular weight excluding hydrogens is 443 g/mol. The lowest BCUT2D eigenvalue weighted by Crippen LogP contribution is -2.25. The van der Waals surface area contributed by atoms with Gasteiger partial charge in [-0.15, -0.1) is 0 Å². The molecule has 1 fully saturated rings. The Bertz CT molecular complexity index is 1450. The summed E-state index contributed by atoms with van der Waals surface area (Å²) in [6.07, 6.45) is 7.84. The van der Waals surface area contributed by atoms with E-state index < -0.39 is 0 Å². The molecular formula is C27H25FN6O. The number of aromatic nitrogens is 5. The molecule has 0 saturated carbocycles. The third-order valence-electron chi connectivity index (χ3n) is 6.44. The molecule has 0 atom stereocenters. The lowest BCUT2D eigenvalue weighted by Gasteiger charge is -2.14. The molecule has 6 rings (SSSR count). The van der Waals surface area contributed by atoms with Crippen LogP contribution in [0.25, 0.3) is 44.8 Å². The molecule has 5 aromatic rings. The van der Waals surface area contributed by atoms with Gasteiger partial charge < -0.3 is 9.72 Å². The minimum Gasteiger partial charge on any atom is -0.491 e. The molecule has 0 bridgehead atoms. The normalized spacial score (nSPS) is 14.1. The first-order chi connectivity index (χ1) is 17.2. The molecule has 0 unspecified atom stereocenters. The van der Waals surface area contributed by atoms with Gasteiger partial charge in [0.25, 0.3) is 0 Å². The average molecular weight is 469 g/mol. The van der Waals surface area contributed by atoms with Crippen LogP contribution >= 0.6 is 0 Å². The second kappa shape index (κ2) is 9.31. The first-order valence-electron chi connectivity index (χ1n) is 11.8. The Kier molecular flexibility index (Phi) is 5.71. The minimum atomic E-state index is -0.256. The number of pyridine rings is 2. The van der Waals surface area contributed by atoms with Crippen LogP contribution in [0.15, 0.2) is 67.1 Å². The number of likely N-dealkylation sites (tertiary alicyclic amines) is 1. The predicted molar refractivity (Wildman–Crippen MR) is 133 cm³/mol. The monoisotopic (exact) mass is 468 g/mol. The van der Waals surface area contributed by atoms with Crippen molar-refractivity contribution in [3.8, 4) is 39.5 Å². The first-order valence-corrected chi connectivity index (χ1v) is 11.8. The maximum Gasteiger partial charge on any atom is 0.138 e. The molecule has 0 amide bonds. The van der Waals surface area contributed by atoms with E-state index in [-0.39, 0.29) is 5.82 Å². The van der Waals surface area contributed by atoms with Gasteiger partial charge in [0.05, 0.1) is 17.6 Å². The van der Waals surface area contributed by atoms with Crippen LogP contribution in [0, 0.1) is 5.82 Å². The fraction of sp³-hybridized carbons (Fsp3) is 0.222. The van der Waals surface area contributed by atoms with Crippen molar-refractivity contribution in [3.05, 3.63) is 72.9 Å². The molecule has 0 spiro atoms. The number of rotatable bonds is 7. The van der Waals surface area contributed by atoms with Gasteiger partial charge in [-0.05, 0) is 73.5 Å². The van der Waals surface area contributed by atoms with Crippen LogP contribution < -0.4 is 4.74 Å². The highest BCUT2D eigenvalue weighted by Crippen LogP contribution is 2.32. The lowest BCUT2D eigenvalue weighted by atomic mass is 10.0. The van der Waals surface area contributed by atoms with E-state index in [0.29, 0.717) is 6.61 Å². The third-order valence-corrected chi connectivity index (χ3v) is 6.44. The van der Waals surface area contributed by atoms with Crippen LogP contribution in [0.4, 0.5) is 4.39 Å². The fourth-order valence-electron chi connectivity index (χ4n) is 4.60. The van der Waals surface area contributed by atoms with Crippen LogP contribution in [0.2, 0.25) is 0 Å². The molecule has 1 aliphatic rings. The standard InChI is InChI=1S/C27H25FN6O/c28-20-5-3-18(4-6-20)22-7-8-30-27-23(22)14-25(31-27)26-15-24(32-33-26)19-13-21(17-29-16-19)35-12-11-34-9-1-2-10-34/h3-8,13-17H,1-2,9-12H2,(H,30,31)(H,32,33). The SMILES string of the molecule is Fc1ccc(-c2ccnc3[nH]c(-c4cc(-c5cncc(OCCN6CCCC6)c5)[nH]n4)cc23)cc1. The number of aromatic amines is 2. The number of ether oxygens (including phenoxy) is 1. The van der Waals surface area contributed by atoms with Gasteiger partial charge in [-0.1, -0.05) is 12.1 Å². The zero-order valence-corrected chi connectivity index (χ0v) is 19.2. The Morgan fingerprint density at radius 1 is 0.943 bits per heavy atom. The van der Waals surface area contributed by atoms with Crippen LogP contribution in [-0.2, 0) is 0 Å². The van der Waals surface area contributed by atoms with Crippen molar-refractivity contribution in [1.29, 1.82) is 0 Å². The first kappa shape index (κ1) is 21.5. The highest BCUT2D eigenvalue weighted by molar-refractivity contribution is 5.96. The highest BCUT2D eigenvalue weighted by Gasteiger charge is 2.14. The second-order valence-electron chi connectivity index (χ2n) is 8.78. The minimum absolute atomic E-state index is 0.256. The van der Waals surface area contributed by atoms with Gasteiger partial charge in [0.15, 0.2) is 0 Å². The molecule has 8 heteroatoms. The number of benzene rings is 1. The van der Waals surface area contributed by atoms with Crippen molar-refractivity contribution in [3.63, 3.8) is 0 Å².